The summed E-state index contributed by atoms with van der Waals surface area (Å²) in [6.45, 7) is 2.71. The summed E-state index contributed by atoms with van der Waals surface area (Å²) in [5.41, 5.74) is 0.642. The number of unbranched alkanes of at least 4 members (excludes halogenated alkanes) is 9. The second-order valence-electron chi connectivity index (χ2n) is 8.10. The predicted molar refractivity (Wildman–Crippen MR) is 127 cm³/mol. The van der Waals surface area contributed by atoms with Crippen LogP contribution in [0.4, 0.5) is 0 Å². The Bertz CT molecular complexity index is 566. The lowest BCUT2D eigenvalue weighted by Gasteiger charge is -2.19. The van der Waals surface area contributed by atoms with Crippen LogP contribution in [0.2, 0.25) is 0 Å². The fourth-order valence-corrected chi connectivity index (χ4v) is 3.67. The van der Waals surface area contributed by atoms with E-state index in [9.17, 15) is 9.59 Å². The van der Waals surface area contributed by atoms with Crippen LogP contribution in [0.15, 0.2) is 30.3 Å². The first-order valence-electron chi connectivity index (χ1n) is 11.9. The lowest BCUT2D eigenvalue weighted by atomic mass is 10.0. The van der Waals surface area contributed by atoms with Crippen LogP contribution in [0.1, 0.15) is 101 Å². The summed E-state index contributed by atoms with van der Waals surface area (Å²) < 4.78 is 0. The summed E-state index contributed by atoms with van der Waals surface area (Å²) in [7, 11) is 0. The largest absolute Gasteiger partial charge is 0.352 e. The first-order chi connectivity index (χ1) is 14.7. The van der Waals surface area contributed by atoms with Crippen LogP contribution in [0, 0.1) is 0 Å². The molecule has 0 saturated carbocycles. The number of carbonyl (C=O) groups is 2. The van der Waals surface area contributed by atoms with Crippen molar-refractivity contribution >= 4 is 23.4 Å². The van der Waals surface area contributed by atoms with Crippen LogP contribution in [-0.2, 0) is 4.79 Å². The smallest absolute Gasteiger partial charge is 0.251 e. The molecule has 0 aliphatic heterocycles. The van der Waals surface area contributed by atoms with E-state index in [1.807, 2.05) is 18.2 Å². The van der Waals surface area contributed by atoms with Gasteiger partial charge in [-0.15, -0.1) is 11.6 Å². The van der Waals surface area contributed by atoms with Crippen LogP contribution in [0.3, 0.4) is 0 Å². The molecule has 4 nitrogen and oxygen atoms in total. The Morgan fingerprint density at radius 3 is 2.07 bits per heavy atom. The summed E-state index contributed by atoms with van der Waals surface area (Å²) in [5.74, 6) is 0.404. The number of hydrogen-bond acceptors (Lipinski definition) is 2. The molecule has 0 bridgehead atoms. The number of halogens is 1. The molecule has 0 aromatic heterocycles. The van der Waals surface area contributed by atoms with E-state index in [2.05, 4.69) is 17.6 Å². The average Bonchev–Trinajstić information content (AvgIpc) is 2.77. The van der Waals surface area contributed by atoms with Crippen LogP contribution in [-0.4, -0.2) is 30.3 Å². The minimum absolute atomic E-state index is 0.0155. The molecule has 1 aromatic rings. The molecule has 30 heavy (non-hydrogen) atoms. The van der Waals surface area contributed by atoms with E-state index in [0.29, 0.717) is 30.8 Å². The Kier molecular flexibility index (Phi) is 16.1. The van der Waals surface area contributed by atoms with E-state index < -0.39 is 0 Å². The highest BCUT2D eigenvalue weighted by Crippen LogP contribution is 2.12. The molecule has 1 aromatic carbocycles. The van der Waals surface area contributed by atoms with Gasteiger partial charge in [0.2, 0.25) is 5.91 Å². The first-order valence-corrected chi connectivity index (χ1v) is 12.4. The van der Waals surface area contributed by atoms with E-state index in [1.54, 1.807) is 12.1 Å². The average molecular weight is 437 g/mol. The number of carbonyl (C=O) groups excluding carboxylic acids is 2. The van der Waals surface area contributed by atoms with E-state index in [1.165, 1.54) is 57.8 Å². The normalized spacial score (nSPS) is 11.8. The maximum atomic E-state index is 12.3. The summed E-state index contributed by atoms with van der Waals surface area (Å²) in [6.07, 6.45) is 14.9. The summed E-state index contributed by atoms with van der Waals surface area (Å²) in [6, 6.07) is 9.16. The molecule has 0 saturated heterocycles. The van der Waals surface area contributed by atoms with Crippen molar-refractivity contribution in [1.82, 2.24) is 10.6 Å². The molecular formula is C25H41ClN2O2. The second-order valence-corrected chi connectivity index (χ2v) is 8.48. The van der Waals surface area contributed by atoms with Gasteiger partial charge in [0.1, 0.15) is 0 Å². The van der Waals surface area contributed by atoms with Crippen molar-refractivity contribution < 1.29 is 9.59 Å². The number of hydrogen-bond donors (Lipinski definition) is 2. The number of amides is 2. The zero-order chi connectivity index (χ0) is 21.9. The molecule has 2 N–H and O–H groups in total. The molecule has 1 rings (SSSR count). The van der Waals surface area contributed by atoms with Gasteiger partial charge in [-0.3, -0.25) is 9.59 Å². The zero-order valence-electron chi connectivity index (χ0n) is 18.8. The number of rotatable bonds is 18. The predicted octanol–water partition coefficient (Wildman–Crippen LogP) is 6.23. The monoisotopic (exact) mass is 436 g/mol. The van der Waals surface area contributed by atoms with E-state index in [4.69, 9.17) is 11.6 Å². The number of benzene rings is 1. The van der Waals surface area contributed by atoms with Crippen LogP contribution in [0.5, 0.6) is 0 Å². The highest BCUT2D eigenvalue weighted by Gasteiger charge is 2.14. The molecule has 2 amide bonds. The van der Waals surface area contributed by atoms with E-state index >= 15 is 0 Å². The van der Waals surface area contributed by atoms with Gasteiger partial charge in [-0.1, -0.05) is 89.3 Å². The number of nitrogens with one attached hydrogen (secondary N) is 2. The standard InChI is InChI=1S/C25H41ClN2O2/c1-2-3-4-5-6-7-8-9-10-14-18-23(28-24(29)19-15-20-26)21-27-25(30)22-16-12-11-13-17-22/h11-13,16-17,23H,2-10,14-15,18-21H2,1H3,(H,27,30)(H,28,29). The number of alkyl halides is 1. The molecular weight excluding hydrogens is 396 g/mol. The van der Waals surface area contributed by atoms with Gasteiger partial charge in [0.05, 0.1) is 0 Å². The van der Waals surface area contributed by atoms with Gasteiger partial charge in [0.15, 0.2) is 0 Å². The SMILES string of the molecule is CCCCCCCCCCCCC(CNC(=O)c1ccccc1)NC(=O)CCCCl. The van der Waals surface area contributed by atoms with Gasteiger partial charge < -0.3 is 10.6 Å². The highest BCUT2D eigenvalue weighted by molar-refractivity contribution is 6.17. The molecule has 170 valence electrons. The third kappa shape index (κ3) is 13.6. The Labute approximate surface area is 188 Å². The Hall–Kier alpha value is -1.55. The summed E-state index contributed by atoms with van der Waals surface area (Å²) in [4.78, 5) is 24.4. The van der Waals surface area contributed by atoms with Gasteiger partial charge in [0, 0.05) is 30.5 Å². The fraction of sp³-hybridized carbons (Fsp3) is 0.680. The summed E-state index contributed by atoms with van der Waals surface area (Å²) in [5, 5.41) is 6.04. The van der Waals surface area contributed by atoms with Crippen molar-refractivity contribution in [1.29, 1.82) is 0 Å². The maximum absolute atomic E-state index is 12.3. The second kappa shape index (κ2) is 18.2. The van der Waals surface area contributed by atoms with Crippen molar-refractivity contribution in [2.45, 2.75) is 96.4 Å². The van der Waals surface area contributed by atoms with Gasteiger partial charge in [-0.25, -0.2) is 0 Å². The molecule has 0 aliphatic carbocycles. The molecule has 0 radical (unpaired) electrons. The Morgan fingerprint density at radius 2 is 1.47 bits per heavy atom. The van der Waals surface area contributed by atoms with E-state index in [0.717, 1.165) is 12.8 Å². The van der Waals surface area contributed by atoms with E-state index in [-0.39, 0.29) is 17.9 Å². The molecule has 0 fully saturated rings. The van der Waals surface area contributed by atoms with Crippen molar-refractivity contribution in [2.75, 3.05) is 12.4 Å². The zero-order valence-corrected chi connectivity index (χ0v) is 19.5. The van der Waals surface area contributed by atoms with Crippen molar-refractivity contribution in [3.63, 3.8) is 0 Å². The van der Waals surface area contributed by atoms with Gasteiger partial charge in [0.25, 0.3) is 5.91 Å². The van der Waals surface area contributed by atoms with Crippen LogP contribution >= 0.6 is 11.6 Å². The lowest BCUT2D eigenvalue weighted by molar-refractivity contribution is -0.121. The first kappa shape index (κ1) is 26.5. The van der Waals surface area contributed by atoms with Crippen LogP contribution in [0.25, 0.3) is 0 Å². The van der Waals surface area contributed by atoms with Gasteiger partial charge >= 0.3 is 0 Å². The molecule has 1 unspecified atom stereocenters. The quantitative estimate of drug-likeness (QED) is 0.211. The van der Waals surface area contributed by atoms with Crippen molar-refractivity contribution in [3.8, 4) is 0 Å². The van der Waals surface area contributed by atoms with Crippen molar-refractivity contribution in [2.24, 2.45) is 0 Å². The third-order valence-electron chi connectivity index (χ3n) is 5.35. The topological polar surface area (TPSA) is 58.2 Å². The maximum Gasteiger partial charge on any atom is 0.251 e. The Balaban J connectivity index is 2.29. The highest BCUT2D eigenvalue weighted by atomic mass is 35.5. The Morgan fingerprint density at radius 1 is 0.867 bits per heavy atom. The third-order valence-corrected chi connectivity index (χ3v) is 5.62. The molecule has 0 heterocycles. The van der Waals surface area contributed by atoms with Gasteiger partial charge in [-0.2, -0.15) is 0 Å². The molecule has 0 aliphatic rings. The van der Waals surface area contributed by atoms with Crippen LogP contribution < -0.4 is 10.6 Å². The van der Waals surface area contributed by atoms with Crippen molar-refractivity contribution in [3.05, 3.63) is 35.9 Å². The van der Waals surface area contributed by atoms with Gasteiger partial charge in [-0.05, 0) is 25.0 Å². The molecule has 0 spiro atoms. The molecule has 5 heteroatoms. The molecule has 1 atom stereocenters. The fourth-order valence-electron chi connectivity index (χ4n) is 3.54. The summed E-state index contributed by atoms with van der Waals surface area (Å²) >= 11 is 5.70. The lowest BCUT2D eigenvalue weighted by Crippen LogP contribution is -2.43. The minimum atomic E-state index is -0.0984. The minimum Gasteiger partial charge on any atom is -0.352 e.